The molecule has 9 nitrogen and oxygen atoms in total. The molecule has 0 radical (unpaired) electrons. The van der Waals surface area contributed by atoms with Crippen molar-refractivity contribution >= 4 is 22.9 Å². The number of aromatic nitrogens is 5. The molecule has 0 fully saturated rings. The van der Waals surface area contributed by atoms with Crippen LogP contribution in [0.4, 0.5) is 5.82 Å². The van der Waals surface area contributed by atoms with E-state index in [-0.39, 0.29) is 5.91 Å². The third-order valence-corrected chi connectivity index (χ3v) is 6.51. The maximum absolute atomic E-state index is 13.9. The van der Waals surface area contributed by atoms with Crippen LogP contribution in [0.2, 0.25) is 0 Å². The van der Waals surface area contributed by atoms with Gasteiger partial charge in [0.1, 0.15) is 28.3 Å². The third kappa shape index (κ3) is 3.49. The summed E-state index contributed by atoms with van der Waals surface area (Å²) in [5, 5.41) is 4.31. The Hall–Kier alpha value is -4.32. The number of rotatable bonds is 3. The maximum atomic E-state index is 13.9. The molecule has 5 rings (SSSR count). The second kappa shape index (κ2) is 8.47. The van der Waals surface area contributed by atoms with E-state index in [9.17, 15) is 4.79 Å². The standard InChI is InChI=1S/C26H27N7O2/c1-6-7-19-17(4)29-25-22(30-19)21(26(34)31-12-13-32-18(14-31)10-11-28-32)24(27)33(25)23-15(2)8-9-20(35-5)16(23)3/h8-11H,12-14,27H2,1-5H3. The molecule has 4 aromatic rings. The maximum Gasteiger partial charge on any atom is 0.260 e. The van der Waals surface area contributed by atoms with Crippen LogP contribution in [0.15, 0.2) is 24.4 Å². The average molecular weight is 470 g/mol. The molecule has 0 saturated carbocycles. The van der Waals surface area contributed by atoms with E-state index in [4.69, 9.17) is 20.4 Å². The van der Waals surface area contributed by atoms with Crippen molar-refractivity contribution in [2.24, 2.45) is 0 Å². The highest BCUT2D eigenvalue weighted by atomic mass is 16.5. The largest absolute Gasteiger partial charge is 0.496 e. The first-order chi connectivity index (χ1) is 16.8. The molecular formula is C26H27N7O2. The number of amides is 1. The molecule has 9 heteroatoms. The Morgan fingerprint density at radius 3 is 2.69 bits per heavy atom. The van der Waals surface area contributed by atoms with E-state index in [1.165, 1.54) is 0 Å². The fourth-order valence-corrected chi connectivity index (χ4v) is 4.75. The van der Waals surface area contributed by atoms with Gasteiger partial charge in [0.25, 0.3) is 5.91 Å². The van der Waals surface area contributed by atoms with Crippen molar-refractivity contribution in [2.75, 3.05) is 19.4 Å². The van der Waals surface area contributed by atoms with Crippen LogP contribution in [-0.2, 0) is 13.1 Å². The number of hydrogen-bond donors (Lipinski definition) is 1. The lowest BCUT2D eigenvalue weighted by Gasteiger charge is -2.27. The van der Waals surface area contributed by atoms with Crippen LogP contribution in [0.1, 0.15) is 45.5 Å². The smallest absolute Gasteiger partial charge is 0.260 e. The lowest BCUT2D eigenvalue weighted by molar-refractivity contribution is 0.0709. The number of benzene rings is 1. The number of anilines is 1. The Morgan fingerprint density at radius 1 is 1.14 bits per heavy atom. The Balaban J connectivity index is 1.77. The number of carbonyl (C=O) groups is 1. The SMILES string of the molecule is CC#Cc1nc2c(C(=O)N3CCn4nccc4C3)c(N)n(-c3c(C)ccc(OC)c3C)c2nc1C. The van der Waals surface area contributed by atoms with Crippen LogP contribution in [-0.4, -0.2) is 48.8 Å². The Bertz CT molecular complexity index is 1550. The number of aryl methyl sites for hydroxylation is 2. The van der Waals surface area contributed by atoms with Crippen molar-refractivity contribution < 1.29 is 9.53 Å². The second-order valence-electron chi connectivity index (χ2n) is 8.63. The molecule has 35 heavy (non-hydrogen) atoms. The zero-order valence-corrected chi connectivity index (χ0v) is 20.5. The summed E-state index contributed by atoms with van der Waals surface area (Å²) >= 11 is 0. The second-order valence-corrected chi connectivity index (χ2v) is 8.63. The first kappa shape index (κ1) is 22.5. The quantitative estimate of drug-likeness (QED) is 0.462. The van der Waals surface area contributed by atoms with Gasteiger partial charge in [0.05, 0.1) is 37.3 Å². The molecule has 178 valence electrons. The van der Waals surface area contributed by atoms with Gasteiger partial charge in [-0.3, -0.25) is 14.0 Å². The molecule has 0 saturated heterocycles. The summed E-state index contributed by atoms with van der Waals surface area (Å²) < 4.78 is 9.31. The Kier molecular flexibility index (Phi) is 5.44. The number of ether oxygens (including phenoxy) is 1. The first-order valence-corrected chi connectivity index (χ1v) is 11.4. The van der Waals surface area contributed by atoms with Gasteiger partial charge in [-0.25, -0.2) is 9.97 Å². The van der Waals surface area contributed by atoms with E-state index < -0.39 is 0 Å². The van der Waals surface area contributed by atoms with Gasteiger partial charge >= 0.3 is 0 Å². The predicted molar refractivity (Wildman–Crippen MR) is 134 cm³/mol. The van der Waals surface area contributed by atoms with Crippen LogP contribution in [0, 0.1) is 32.6 Å². The number of methoxy groups -OCH3 is 1. The lowest BCUT2D eigenvalue weighted by atomic mass is 10.1. The van der Waals surface area contributed by atoms with E-state index >= 15 is 0 Å². The molecule has 0 spiro atoms. The van der Waals surface area contributed by atoms with Crippen LogP contribution in [0.25, 0.3) is 16.9 Å². The summed E-state index contributed by atoms with van der Waals surface area (Å²) in [4.78, 5) is 25.3. The van der Waals surface area contributed by atoms with Gasteiger partial charge in [0, 0.05) is 18.3 Å². The minimum Gasteiger partial charge on any atom is -0.496 e. The number of hydrogen-bond acceptors (Lipinski definition) is 6. The normalized spacial score (nSPS) is 12.9. The van der Waals surface area contributed by atoms with Gasteiger partial charge < -0.3 is 15.4 Å². The Morgan fingerprint density at radius 2 is 1.94 bits per heavy atom. The topological polar surface area (TPSA) is 104 Å². The highest BCUT2D eigenvalue weighted by molar-refractivity contribution is 6.10. The van der Waals surface area contributed by atoms with Crippen molar-refractivity contribution in [1.82, 2.24) is 29.2 Å². The summed E-state index contributed by atoms with van der Waals surface area (Å²) in [5.74, 6) is 6.72. The highest BCUT2D eigenvalue weighted by Crippen LogP contribution is 2.36. The van der Waals surface area contributed by atoms with Crippen molar-refractivity contribution in [1.29, 1.82) is 0 Å². The van der Waals surface area contributed by atoms with E-state index in [2.05, 4.69) is 16.9 Å². The van der Waals surface area contributed by atoms with Crippen LogP contribution >= 0.6 is 0 Å². The highest BCUT2D eigenvalue weighted by Gasteiger charge is 2.31. The molecule has 0 bridgehead atoms. The van der Waals surface area contributed by atoms with Gasteiger partial charge in [-0.1, -0.05) is 12.0 Å². The predicted octanol–water partition coefficient (Wildman–Crippen LogP) is 3.16. The van der Waals surface area contributed by atoms with Gasteiger partial charge in [-0.15, -0.1) is 0 Å². The van der Waals surface area contributed by atoms with Crippen molar-refractivity contribution in [3.63, 3.8) is 0 Å². The van der Waals surface area contributed by atoms with Crippen molar-refractivity contribution in [3.8, 4) is 23.3 Å². The van der Waals surface area contributed by atoms with Gasteiger partial charge in [0.2, 0.25) is 0 Å². The summed E-state index contributed by atoms with van der Waals surface area (Å²) in [6, 6.07) is 5.81. The summed E-state index contributed by atoms with van der Waals surface area (Å²) in [5.41, 5.74) is 12.9. The fourth-order valence-electron chi connectivity index (χ4n) is 4.75. The molecule has 0 aliphatic carbocycles. The van der Waals surface area contributed by atoms with Gasteiger partial charge in [0.15, 0.2) is 5.65 Å². The molecule has 3 aromatic heterocycles. The molecule has 2 N–H and O–H groups in total. The lowest BCUT2D eigenvalue weighted by Crippen LogP contribution is -2.38. The molecule has 1 aliphatic rings. The molecule has 4 heterocycles. The number of nitrogen functional groups attached to an aromatic ring is 1. The molecule has 1 amide bonds. The first-order valence-electron chi connectivity index (χ1n) is 11.4. The molecule has 0 atom stereocenters. The van der Waals surface area contributed by atoms with Gasteiger partial charge in [-0.2, -0.15) is 5.10 Å². The summed E-state index contributed by atoms with van der Waals surface area (Å²) in [7, 11) is 1.63. The Labute approximate surface area is 203 Å². The minimum absolute atomic E-state index is 0.189. The number of nitrogens with two attached hydrogens (primary N) is 1. The fraction of sp³-hybridized carbons (Fsp3) is 0.308. The molecule has 1 aliphatic heterocycles. The number of carbonyl (C=O) groups excluding carboxylic acids is 1. The van der Waals surface area contributed by atoms with E-state index in [1.54, 1.807) is 25.1 Å². The molecule has 1 aromatic carbocycles. The number of nitrogens with zero attached hydrogens (tertiary/aromatic N) is 6. The number of fused-ring (bicyclic) bond motifs is 2. The van der Waals surface area contributed by atoms with Gasteiger partial charge in [-0.05, 0) is 51.3 Å². The third-order valence-electron chi connectivity index (χ3n) is 6.51. The zero-order chi connectivity index (χ0) is 24.9. The van der Waals surface area contributed by atoms with Crippen molar-refractivity contribution in [3.05, 3.63) is 58.2 Å². The summed E-state index contributed by atoms with van der Waals surface area (Å²) in [6.07, 6.45) is 1.75. The van der Waals surface area contributed by atoms with Crippen LogP contribution in [0.5, 0.6) is 5.75 Å². The minimum atomic E-state index is -0.189. The monoisotopic (exact) mass is 469 g/mol. The van der Waals surface area contributed by atoms with Crippen LogP contribution < -0.4 is 10.5 Å². The summed E-state index contributed by atoms with van der Waals surface area (Å²) in [6.45, 7) is 9.17. The molecule has 0 unspecified atom stereocenters. The van der Waals surface area contributed by atoms with E-state index in [1.807, 2.05) is 48.2 Å². The molecular weight excluding hydrogens is 442 g/mol. The van der Waals surface area contributed by atoms with E-state index in [0.717, 1.165) is 28.3 Å². The van der Waals surface area contributed by atoms with Crippen LogP contribution in [0.3, 0.4) is 0 Å². The average Bonchev–Trinajstić information content (AvgIpc) is 3.41. The zero-order valence-electron chi connectivity index (χ0n) is 20.5. The van der Waals surface area contributed by atoms with Crippen molar-refractivity contribution in [2.45, 2.75) is 40.8 Å². The van der Waals surface area contributed by atoms with E-state index in [0.29, 0.717) is 53.6 Å².